The molecule has 0 aliphatic carbocycles. The maximum absolute atomic E-state index is 13.0. The van der Waals surface area contributed by atoms with E-state index < -0.39 is 0 Å². The Morgan fingerprint density at radius 3 is 2.76 bits per heavy atom. The first-order valence-corrected chi connectivity index (χ1v) is 11.9. The van der Waals surface area contributed by atoms with Crippen LogP contribution in [0.4, 0.5) is 5.13 Å². The summed E-state index contributed by atoms with van der Waals surface area (Å²) >= 11 is 2.92. The van der Waals surface area contributed by atoms with Gasteiger partial charge in [0.25, 0.3) is 5.91 Å². The van der Waals surface area contributed by atoms with Gasteiger partial charge in [0, 0.05) is 35.9 Å². The van der Waals surface area contributed by atoms with Crippen LogP contribution in [-0.2, 0) is 13.7 Å². The highest BCUT2D eigenvalue weighted by molar-refractivity contribution is 7.19. The van der Waals surface area contributed by atoms with Crippen molar-refractivity contribution in [2.45, 2.75) is 6.61 Å². The molecule has 1 amide bonds. The molecule has 0 aliphatic rings. The number of anilines is 1. The first-order valence-electron chi connectivity index (χ1n) is 10.1. The lowest BCUT2D eigenvalue weighted by molar-refractivity contribution is 0.102. The fraction of sp³-hybridized carbons (Fsp3) is 0.0833. The Morgan fingerprint density at radius 2 is 2.00 bits per heavy atom. The molecule has 0 spiro atoms. The zero-order valence-electron chi connectivity index (χ0n) is 17.6. The predicted molar refractivity (Wildman–Crippen MR) is 131 cm³/mol. The molecule has 0 unspecified atom stereocenters. The zero-order chi connectivity index (χ0) is 22.6. The standard InChI is InChI=1S/C24H19N5O2S2/c1-29-11-10-25-22(29)21-20(16-6-3-2-4-7-16)27-24(33-21)28-23(30)17-8-5-9-19(12-17)31-13-18-14-32-15-26-18/h2-12,14-15H,13H2,1H3,(H,27,28,30). The van der Waals surface area contributed by atoms with Crippen LogP contribution in [-0.4, -0.2) is 25.4 Å². The highest BCUT2D eigenvalue weighted by atomic mass is 32.1. The molecular weight excluding hydrogens is 454 g/mol. The fourth-order valence-electron chi connectivity index (χ4n) is 3.26. The molecule has 2 aromatic carbocycles. The summed E-state index contributed by atoms with van der Waals surface area (Å²) in [6.07, 6.45) is 3.64. The summed E-state index contributed by atoms with van der Waals surface area (Å²) in [5, 5.41) is 5.37. The molecule has 5 rings (SSSR count). The number of nitrogens with zero attached hydrogens (tertiary/aromatic N) is 4. The van der Waals surface area contributed by atoms with Gasteiger partial charge >= 0.3 is 0 Å². The Hall–Kier alpha value is -3.82. The van der Waals surface area contributed by atoms with Gasteiger partial charge in [0.05, 0.1) is 21.8 Å². The Labute approximate surface area is 198 Å². The lowest BCUT2D eigenvalue weighted by atomic mass is 10.1. The van der Waals surface area contributed by atoms with E-state index in [1.165, 1.54) is 22.7 Å². The average molecular weight is 474 g/mol. The van der Waals surface area contributed by atoms with Crippen LogP contribution >= 0.6 is 22.7 Å². The number of hydrogen-bond donors (Lipinski definition) is 1. The second-order valence-electron chi connectivity index (χ2n) is 7.17. The van der Waals surface area contributed by atoms with E-state index in [0.29, 0.717) is 23.1 Å². The van der Waals surface area contributed by atoms with E-state index in [0.717, 1.165) is 27.7 Å². The van der Waals surface area contributed by atoms with Crippen LogP contribution in [0.3, 0.4) is 0 Å². The van der Waals surface area contributed by atoms with Crippen LogP contribution < -0.4 is 10.1 Å². The molecule has 1 N–H and O–H groups in total. The van der Waals surface area contributed by atoms with Gasteiger partial charge in [-0.25, -0.2) is 15.0 Å². The summed E-state index contributed by atoms with van der Waals surface area (Å²) in [6, 6.07) is 17.0. The van der Waals surface area contributed by atoms with Crippen LogP contribution in [0.5, 0.6) is 5.75 Å². The number of nitrogens with one attached hydrogen (secondary N) is 1. The van der Waals surface area contributed by atoms with Crippen LogP contribution in [0, 0.1) is 0 Å². The van der Waals surface area contributed by atoms with Crippen LogP contribution in [0.15, 0.2) is 77.9 Å². The minimum atomic E-state index is -0.256. The first-order chi connectivity index (χ1) is 16.2. The van der Waals surface area contributed by atoms with Gasteiger partial charge in [-0.2, -0.15) is 0 Å². The molecule has 0 radical (unpaired) electrons. The largest absolute Gasteiger partial charge is 0.487 e. The first kappa shape index (κ1) is 21.0. The number of thiazole rings is 2. The van der Waals surface area contributed by atoms with E-state index in [4.69, 9.17) is 9.72 Å². The zero-order valence-corrected chi connectivity index (χ0v) is 19.3. The number of carbonyl (C=O) groups is 1. The summed E-state index contributed by atoms with van der Waals surface area (Å²) in [4.78, 5) is 27.3. The molecule has 7 nitrogen and oxygen atoms in total. The number of hydrogen-bond acceptors (Lipinski definition) is 7. The molecule has 0 atom stereocenters. The molecule has 3 aromatic heterocycles. The number of aromatic nitrogens is 4. The Morgan fingerprint density at radius 1 is 1.12 bits per heavy atom. The number of amides is 1. The molecule has 0 saturated carbocycles. The molecule has 33 heavy (non-hydrogen) atoms. The van der Waals surface area contributed by atoms with Crippen molar-refractivity contribution < 1.29 is 9.53 Å². The number of rotatable bonds is 7. The van der Waals surface area contributed by atoms with Crippen LogP contribution in [0.25, 0.3) is 22.0 Å². The minimum Gasteiger partial charge on any atom is -0.487 e. The van der Waals surface area contributed by atoms with Gasteiger partial charge in [0.2, 0.25) is 0 Å². The van der Waals surface area contributed by atoms with Gasteiger partial charge in [-0.1, -0.05) is 47.7 Å². The van der Waals surface area contributed by atoms with Crippen molar-refractivity contribution in [3.8, 4) is 27.7 Å². The van der Waals surface area contributed by atoms with Gasteiger partial charge in [-0.05, 0) is 18.2 Å². The van der Waals surface area contributed by atoms with Crippen molar-refractivity contribution in [1.29, 1.82) is 0 Å². The van der Waals surface area contributed by atoms with E-state index >= 15 is 0 Å². The molecule has 0 aliphatic heterocycles. The number of aryl methyl sites for hydroxylation is 1. The van der Waals surface area contributed by atoms with E-state index in [-0.39, 0.29) is 5.91 Å². The summed E-state index contributed by atoms with van der Waals surface area (Å²) in [5.74, 6) is 1.15. The van der Waals surface area contributed by atoms with Crippen molar-refractivity contribution >= 4 is 33.7 Å². The topological polar surface area (TPSA) is 81.9 Å². The van der Waals surface area contributed by atoms with Crippen molar-refractivity contribution in [2.24, 2.45) is 7.05 Å². The average Bonchev–Trinajstić information content (AvgIpc) is 3.60. The maximum Gasteiger partial charge on any atom is 0.257 e. The molecule has 9 heteroatoms. The number of ether oxygens (including phenoxy) is 1. The van der Waals surface area contributed by atoms with Crippen LogP contribution in [0.1, 0.15) is 16.1 Å². The predicted octanol–water partition coefficient (Wildman–Crippen LogP) is 5.50. The number of imidazole rings is 1. The monoisotopic (exact) mass is 473 g/mol. The number of benzene rings is 2. The summed E-state index contributed by atoms with van der Waals surface area (Å²) in [5.41, 5.74) is 4.85. The summed E-state index contributed by atoms with van der Waals surface area (Å²) in [6.45, 7) is 0.356. The third-order valence-corrected chi connectivity index (χ3v) is 6.49. The lowest BCUT2D eigenvalue weighted by Gasteiger charge is -2.07. The van der Waals surface area contributed by atoms with E-state index in [9.17, 15) is 4.79 Å². The van der Waals surface area contributed by atoms with Gasteiger partial charge in [0.15, 0.2) is 11.0 Å². The second kappa shape index (κ2) is 9.35. The third-order valence-electron chi connectivity index (χ3n) is 4.89. The smallest absolute Gasteiger partial charge is 0.257 e. The summed E-state index contributed by atoms with van der Waals surface area (Å²) < 4.78 is 7.71. The minimum absolute atomic E-state index is 0.256. The van der Waals surface area contributed by atoms with Gasteiger partial charge in [-0.15, -0.1) is 11.3 Å². The molecule has 0 saturated heterocycles. The van der Waals surface area contributed by atoms with Crippen molar-refractivity contribution in [1.82, 2.24) is 19.5 Å². The molecule has 3 heterocycles. The quantitative estimate of drug-likeness (QED) is 0.338. The molecule has 0 bridgehead atoms. The van der Waals surface area contributed by atoms with E-state index in [2.05, 4.69) is 15.3 Å². The molecule has 5 aromatic rings. The van der Waals surface area contributed by atoms with Crippen molar-refractivity contribution in [3.63, 3.8) is 0 Å². The molecule has 0 fully saturated rings. The van der Waals surface area contributed by atoms with Gasteiger partial charge in [0.1, 0.15) is 12.4 Å². The van der Waals surface area contributed by atoms with E-state index in [1.807, 2.05) is 59.6 Å². The van der Waals surface area contributed by atoms with Crippen molar-refractivity contribution in [3.05, 3.63) is 89.1 Å². The second-order valence-corrected chi connectivity index (χ2v) is 8.89. The fourth-order valence-corrected chi connectivity index (χ4v) is 4.83. The van der Waals surface area contributed by atoms with Crippen LogP contribution in [0.2, 0.25) is 0 Å². The normalized spacial score (nSPS) is 10.8. The molecule has 164 valence electrons. The van der Waals surface area contributed by atoms with Gasteiger partial charge < -0.3 is 9.30 Å². The van der Waals surface area contributed by atoms with Gasteiger partial charge in [-0.3, -0.25) is 10.1 Å². The summed E-state index contributed by atoms with van der Waals surface area (Å²) in [7, 11) is 1.94. The van der Waals surface area contributed by atoms with E-state index in [1.54, 1.807) is 29.9 Å². The maximum atomic E-state index is 13.0. The lowest BCUT2D eigenvalue weighted by Crippen LogP contribution is -2.11. The Kier molecular flexibility index (Phi) is 5.97. The third kappa shape index (κ3) is 4.69. The van der Waals surface area contributed by atoms with Crippen molar-refractivity contribution in [2.75, 3.05) is 5.32 Å². The number of carbonyl (C=O) groups excluding carboxylic acids is 1. The SMILES string of the molecule is Cn1ccnc1-c1sc(NC(=O)c2cccc(OCc3cscn3)c2)nc1-c1ccccc1. The Bertz CT molecular complexity index is 1380. The molecular formula is C24H19N5O2S2. The Balaban J connectivity index is 1.39. The highest BCUT2D eigenvalue weighted by Crippen LogP contribution is 2.38. The highest BCUT2D eigenvalue weighted by Gasteiger charge is 2.19.